The van der Waals surface area contributed by atoms with Gasteiger partial charge in [-0.1, -0.05) is 125 Å². The highest BCUT2D eigenvalue weighted by atomic mass is 79.9. The molecule has 7 heteroatoms. The molecule has 1 heterocycles. The Morgan fingerprint density at radius 1 is 0.615 bits per heavy atom. The second-order valence-corrected chi connectivity index (χ2v) is 13.6. The van der Waals surface area contributed by atoms with Crippen LogP contribution < -0.4 is 5.30 Å². The van der Waals surface area contributed by atoms with Crippen molar-refractivity contribution in [2.24, 2.45) is 0 Å². The Morgan fingerprint density at radius 2 is 1.05 bits per heavy atom. The third-order valence-corrected chi connectivity index (χ3v) is 11.3. The fourth-order valence-corrected chi connectivity index (χ4v) is 8.41. The Labute approximate surface area is 238 Å². The molecule has 39 heavy (non-hydrogen) atoms. The van der Waals surface area contributed by atoms with Crippen LogP contribution in [-0.2, 0) is 43.1 Å². The van der Waals surface area contributed by atoms with E-state index in [0.717, 1.165) is 16.7 Å². The molecule has 202 valence electrons. The van der Waals surface area contributed by atoms with E-state index < -0.39 is 30.2 Å². The zero-order valence-corrected chi connectivity index (χ0v) is 24.0. The standard InChI is InChI=1S/C32H32BrO5P/c33-32-31(37-23-27-17-9-3-10-18-27)30(36-22-26-15-7-2-8-16-26)29(24-35-21-25-13-5-1-6-14-25)38-39(32,34)28-19-11-4-12-20-28/h1-20,29-32H,21-24H2/t29-,30-,31+,32+,39+/m1/s1. The van der Waals surface area contributed by atoms with Gasteiger partial charge in [0, 0.05) is 5.30 Å². The molecular formula is C32H32BrO5P. The second kappa shape index (κ2) is 13.7. The predicted octanol–water partition coefficient (Wildman–Crippen LogP) is 7.10. The number of hydrogen-bond acceptors (Lipinski definition) is 5. The van der Waals surface area contributed by atoms with Gasteiger partial charge in [0.15, 0.2) is 0 Å². The smallest absolute Gasteiger partial charge is 0.248 e. The molecule has 1 saturated heterocycles. The lowest BCUT2D eigenvalue weighted by atomic mass is 10.1. The van der Waals surface area contributed by atoms with Gasteiger partial charge in [-0.15, -0.1) is 0 Å². The van der Waals surface area contributed by atoms with Crippen LogP contribution in [0.5, 0.6) is 0 Å². The van der Waals surface area contributed by atoms with E-state index in [2.05, 4.69) is 15.9 Å². The van der Waals surface area contributed by atoms with Crippen molar-refractivity contribution >= 4 is 28.6 Å². The highest BCUT2D eigenvalue weighted by molar-refractivity contribution is 9.10. The summed E-state index contributed by atoms with van der Waals surface area (Å²) in [5, 5.41) is 0.634. The van der Waals surface area contributed by atoms with Gasteiger partial charge >= 0.3 is 0 Å². The van der Waals surface area contributed by atoms with Crippen molar-refractivity contribution in [1.29, 1.82) is 0 Å². The minimum Gasteiger partial charge on any atom is -0.374 e. The average Bonchev–Trinajstić information content (AvgIpc) is 2.99. The number of halogens is 1. The summed E-state index contributed by atoms with van der Waals surface area (Å²) < 4.78 is 39.6. The molecule has 0 aromatic heterocycles. The summed E-state index contributed by atoms with van der Waals surface area (Å²) >= 11 is 3.75. The first kappa shape index (κ1) is 28.0. The molecule has 4 aromatic carbocycles. The summed E-state index contributed by atoms with van der Waals surface area (Å²) in [7, 11) is -3.40. The van der Waals surface area contributed by atoms with E-state index in [9.17, 15) is 4.57 Å². The maximum absolute atomic E-state index is 14.6. The molecule has 5 rings (SSSR count). The van der Waals surface area contributed by atoms with Crippen LogP contribution in [0.15, 0.2) is 121 Å². The molecule has 0 unspecified atom stereocenters. The van der Waals surface area contributed by atoms with Gasteiger partial charge in [-0.2, -0.15) is 0 Å². The van der Waals surface area contributed by atoms with Crippen molar-refractivity contribution in [2.45, 2.75) is 42.7 Å². The van der Waals surface area contributed by atoms with Crippen LogP contribution in [0.25, 0.3) is 0 Å². The van der Waals surface area contributed by atoms with Crippen LogP contribution in [0.4, 0.5) is 0 Å². The van der Waals surface area contributed by atoms with Gasteiger partial charge in [0.25, 0.3) is 0 Å². The predicted molar refractivity (Wildman–Crippen MR) is 157 cm³/mol. The van der Waals surface area contributed by atoms with Crippen molar-refractivity contribution < 1.29 is 23.3 Å². The summed E-state index contributed by atoms with van der Waals surface area (Å²) in [6, 6.07) is 39.2. The molecular weight excluding hydrogens is 575 g/mol. The molecule has 1 fully saturated rings. The third kappa shape index (κ3) is 7.15. The van der Waals surface area contributed by atoms with E-state index in [4.69, 9.17) is 18.7 Å². The van der Waals surface area contributed by atoms with Gasteiger partial charge in [-0.3, -0.25) is 4.57 Å². The molecule has 0 bridgehead atoms. The highest BCUT2D eigenvalue weighted by Crippen LogP contribution is 2.60. The number of ether oxygens (including phenoxy) is 3. The second-order valence-electron chi connectivity index (χ2n) is 9.47. The van der Waals surface area contributed by atoms with Crippen LogP contribution >= 0.6 is 23.3 Å². The normalized spacial score (nSPS) is 24.8. The van der Waals surface area contributed by atoms with Gasteiger partial charge in [-0.05, 0) is 28.8 Å². The van der Waals surface area contributed by atoms with Crippen LogP contribution in [0.3, 0.4) is 0 Å². The lowest BCUT2D eigenvalue weighted by molar-refractivity contribution is -0.146. The van der Waals surface area contributed by atoms with Crippen molar-refractivity contribution in [1.82, 2.24) is 0 Å². The van der Waals surface area contributed by atoms with Crippen molar-refractivity contribution in [2.75, 3.05) is 6.61 Å². The number of hydrogen-bond donors (Lipinski definition) is 0. The molecule has 0 spiro atoms. The number of alkyl halides is 1. The van der Waals surface area contributed by atoms with Crippen molar-refractivity contribution in [3.05, 3.63) is 138 Å². The Balaban J connectivity index is 1.43. The van der Waals surface area contributed by atoms with Gasteiger partial charge in [0.1, 0.15) is 22.9 Å². The summed E-state index contributed by atoms with van der Waals surface area (Å²) in [5.41, 5.74) is 3.11. The van der Waals surface area contributed by atoms with E-state index in [1.54, 1.807) is 0 Å². The average molecular weight is 607 g/mol. The molecule has 1 aliphatic rings. The van der Waals surface area contributed by atoms with Crippen LogP contribution in [0.2, 0.25) is 0 Å². The van der Waals surface area contributed by atoms with Gasteiger partial charge in [-0.25, -0.2) is 0 Å². The van der Waals surface area contributed by atoms with Gasteiger partial charge in [0.05, 0.1) is 26.4 Å². The summed E-state index contributed by atoms with van der Waals surface area (Å²) in [6.45, 7) is 1.33. The molecule has 0 N–H and O–H groups in total. The van der Waals surface area contributed by atoms with Gasteiger partial charge in [0.2, 0.25) is 7.37 Å². The van der Waals surface area contributed by atoms with E-state index in [-0.39, 0.29) is 6.61 Å². The maximum Gasteiger partial charge on any atom is 0.248 e. The first-order chi connectivity index (χ1) is 19.1. The number of benzene rings is 4. The quantitative estimate of drug-likeness (QED) is 0.135. The Bertz CT molecular complexity index is 1320. The molecule has 0 saturated carbocycles. The monoisotopic (exact) mass is 606 g/mol. The molecule has 5 atom stereocenters. The Hall–Kier alpha value is -2.57. The Morgan fingerprint density at radius 3 is 1.56 bits per heavy atom. The minimum absolute atomic E-state index is 0.204. The van der Waals surface area contributed by atoms with E-state index >= 15 is 0 Å². The van der Waals surface area contributed by atoms with Crippen LogP contribution in [-0.4, -0.2) is 29.5 Å². The number of rotatable bonds is 11. The summed E-state index contributed by atoms with van der Waals surface area (Å²) in [4.78, 5) is 0. The molecule has 5 nitrogen and oxygen atoms in total. The molecule has 0 amide bonds. The zero-order chi connectivity index (χ0) is 26.9. The Kier molecular flexibility index (Phi) is 9.81. The van der Waals surface area contributed by atoms with Crippen LogP contribution in [0, 0.1) is 0 Å². The molecule has 0 aliphatic carbocycles. The maximum atomic E-state index is 14.6. The fourth-order valence-electron chi connectivity index (χ4n) is 4.62. The largest absolute Gasteiger partial charge is 0.374 e. The first-order valence-corrected chi connectivity index (χ1v) is 15.6. The van der Waals surface area contributed by atoms with Crippen molar-refractivity contribution in [3.8, 4) is 0 Å². The van der Waals surface area contributed by atoms with E-state index in [1.807, 2.05) is 121 Å². The van der Waals surface area contributed by atoms with Crippen molar-refractivity contribution in [3.63, 3.8) is 0 Å². The lowest BCUT2D eigenvalue weighted by Crippen LogP contribution is -2.53. The first-order valence-electron chi connectivity index (χ1n) is 13.0. The molecule has 4 aromatic rings. The molecule has 0 radical (unpaired) electrons. The molecule has 1 aliphatic heterocycles. The minimum atomic E-state index is -3.40. The van der Waals surface area contributed by atoms with Crippen LogP contribution in [0.1, 0.15) is 16.7 Å². The van der Waals surface area contributed by atoms with E-state index in [0.29, 0.717) is 25.1 Å². The topological polar surface area (TPSA) is 54.0 Å². The van der Waals surface area contributed by atoms with E-state index in [1.165, 1.54) is 0 Å². The lowest BCUT2D eigenvalue weighted by Gasteiger charge is -2.44. The fraction of sp³-hybridized carbons (Fsp3) is 0.250. The zero-order valence-electron chi connectivity index (χ0n) is 21.6. The summed E-state index contributed by atoms with van der Waals surface area (Å²) in [5.74, 6) is 0. The van der Waals surface area contributed by atoms with Gasteiger partial charge < -0.3 is 18.7 Å². The SMILES string of the molecule is O=[P@@]1(c2ccccc2)O[C@H](COCc2ccccc2)[C@@H](OCc2ccccc2)[C@H](OCc2ccccc2)[C@H]1Br. The summed E-state index contributed by atoms with van der Waals surface area (Å²) in [6.07, 6.45) is -1.70. The highest BCUT2D eigenvalue weighted by Gasteiger charge is 2.53. The third-order valence-electron chi connectivity index (χ3n) is 6.66.